The topological polar surface area (TPSA) is 17.1 Å². The summed E-state index contributed by atoms with van der Waals surface area (Å²) in [5.41, 5.74) is 1.29. The van der Waals surface area contributed by atoms with Crippen LogP contribution in [0.25, 0.3) is 6.08 Å². The van der Waals surface area contributed by atoms with E-state index < -0.39 is 0 Å². The Morgan fingerprint density at radius 1 is 0.737 bits per heavy atom. The van der Waals surface area contributed by atoms with Gasteiger partial charge in [0.05, 0.1) is 0 Å². The second-order valence-electron chi connectivity index (χ2n) is 5.03. The molecule has 1 nitrogen and oxygen atoms in total. The SMILES string of the molecule is O=CCCCCCCCCC/C=C/c1ccccc1. The Labute approximate surface area is 117 Å². The van der Waals surface area contributed by atoms with E-state index >= 15 is 0 Å². The van der Waals surface area contributed by atoms with E-state index in [1.54, 1.807) is 0 Å². The quantitative estimate of drug-likeness (QED) is 0.383. The van der Waals surface area contributed by atoms with Gasteiger partial charge in [-0.2, -0.15) is 0 Å². The lowest BCUT2D eigenvalue weighted by molar-refractivity contribution is -0.107. The van der Waals surface area contributed by atoms with Crippen LogP contribution in [0.15, 0.2) is 36.4 Å². The average molecular weight is 258 g/mol. The molecule has 0 aliphatic carbocycles. The summed E-state index contributed by atoms with van der Waals surface area (Å²) in [5, 5.41) is 0. The lowest BCUT2D eigenvalue weighted by Gasteiger charge is -1.99. The molecule has 0 spiro atoms. The van der Waals surface area contributed by atoms with Crippen molar-refractivity contribution in [3.05, 3.63) is 42.0 Å². The van der Waals surface area contributed by atoms with Crippen LogP contribution in [0.3, 0.4) is 0 Å². The van der Waals surface area contributed by atoms with Gasteiger partial charge in [-0.25, -0.2) is 0 Å². The zero-order valence-corrected chi connectivity index (χ0v) is 11.9. The van der Waals surface area contributed by atoms with Crippen molar-refractivity contribution in [1.29, 1.82) is 0 Å². The number of aldehydes is 1. The highest BCUT2D eigenvalue weighted by molar-refractivity contribution is 5.49. The minimum atomic E-state index is 0.740. The Kier molecular flexibility index (Phi) is 9.66. The van der Waals surface area contributed by atoms with E-state index in [0.29, 0.717) is 0 Å². The van der Waals surface area contributed by atoms with Crippen LogP contribution in [0.2, 0.25) is 0 Å². The molecule has 1 heteroatoms. The highest BCUT2D eigenvalue weighted by Gasteiger charge is 1.91. The van der Waals surface area contributed by atoms with E-state index in [-0.39, 0.29) is 0 Å². The predicted molar refractivity (Wildman–Crippen MR) is 83.1 cm³/mol. The average Bonchev–Trinajstić information content (AvgIpc) is 2.46. The van der Waals surface area contributed by atoms with E-state index in [2.05, 4.69) is 36.4 Å². The number of rotatable bonds is 11. The molecule has 0 unspecified atom stereocenters. The van der Waals surface area contributed by atoms with Gasteiger partial charge in [-0.3, -0.25) is 0 Å². The van der Waals surface area contributed by atoms with Crippen molar-refractivity contribution in [3.63, 3.8) is 0 Å². The minimum absolute atomic E-state index is 0.740. The number of benzene rings is 1. The molecule has 1 aromatic rings. The van der Waals surface area contributed by atoms with Gasteiger partial charge in [0.25, 0.3) is 0 Å². The van der Waals surface area contributed by atoms with Crippen LogP contribution in [0.4, 0.5) is 0 Å². The van der Waals surface area contributed by atoms with Crippen molar-refractivity contribution in [3.8, 4) is 0 Å². The molecule has 0 aromatic heterocycles. The van der Waals surface area contributed by atoms with Gasteiger partial charge in [-0.05, 0) is 24.8 Å². The van der Waals surface area contributed by atoms with Gasteiger partial charge >= 0.3 is 0 Å². The molecule has 0 fully saturated rings. The molecule has 19 heavy (non-hydrogen) atoms. The molecule has 0 atom stereocenters. The highest BCUT2D eigenvalue weighted by atomic mass is 16.1. The smallest absolute Gasteiger partial charge is 0.119 e. The fourth-order valence-electron chi connectivity index (χ4n) is 2.16. The van der Waals surface area contributed by atoms with Gasteiger partial charge in [-0.15, -0.1) is 0 Å². The molecule has 0 saturated heterocycles. The highest BCUT2D eigenvalue weighted by Crippen LogP contribution is 2.10. The number of hydrogen-bond donors (Lipinski definition) is 0. The van der Waals surface area contributed by atoms with Gasteiger partial charge in [0.15, 0.2) is 0 Å². The second-order valence-corrected chi connectivity index (χ2v) is 5.03. The zero-order chi connectivity index (χ0) is 13.6. The first-order valence-corrected chi connectivity index (χ1v) is 7.58. The number of allylic oxidation sites excluding steroid dienone is 1. The fraction of sp³-hybridized carbons (Fsp3) is 0.500. The molecule has 1 aromatic carbocycles. The Bertz CT molecular complexity index is 340. The van der Waals surface area contributed by atoms with Crippen LogP contribution in [0.1, 0.15) is 63.4 Å². The maximum absolute atomic E-state index is 10.1. The van der Waals surface area contributed by atoms with Gasteiger partial charge < -0.3 is 4.79 Å². The van der Waals surface area contributed by atoms with Gasteiger partial charge in [0.2, 0.25) is 0 Å². The maximum atomic E-state index is 10.1. The lowest BCUT2D eigenvalue weighted by atomic mass is 10.1. The van der Waals surface area contributed by atoms with E-state index in [9.17, 15) is 4.79 Å². The van der Waals surface area contributed by atoms with Gasteiger partial charge in [-0.1, -0.05) is 74.6 Å². The number of carbonyl (C=O) groups excluding carboxylic acids is 1. The van der Waals surface area contributed by atoms with Crippen molar-refractivity contribution < 1.29 is 4.79 Å². The van der Waals surface area contributed by atoms with Crippen LogP contribution in [-0.2, 0) is 4.79 Å². The van der Waals surface area contributed by atoms with Gasteiger partial charge in [0, 0.05) is 6.42 Å². The molecule has 0 saturated carbocycles. The fourth-order valence-corrected chi connectivity index (χ4v) is 2.16. The molecule has 104 valence electrons. The van der Waals surface area contributed by atoms with Crippen LogP contribution in [0, 0.1) is 0 Å². The molecule has 0 radical (unpaired) electrons. The first-order valence-electron chi connectivity index (χ1n) is 7.58. The summed E-state index contributed by atoms with van der Waals surface area (Å²) in [5.74, 6) is 0. The molecule has 0 heterocycles. The summed E-state index contributed by atoms with van der Waals surface area (Å²) in [7, 11) is 0. The first kappa shape index (κ1) is 15.7. The van der Waals surface area contributed by atoms with E-state index in [1.807, 2.05) is 6.07 Å². The van der Waals surface area contributed by atoms with Crippen molar-refractivity contribution in [1.82, 2.24) is 0 Å². The van der Waals surface area contributed by atoms with Crippen molar-refractivity contribution in [2.24, 2.45) is 0 Å². The summed E-state index contributed by atoms with van der Waals surface area (Å²) in [4.78, 5) is 10.1. The minimum Gasteiger partial charge on any atom is -0.303 e. The summed E-state index contributed by atoms with van der Waals surface area (Å²) in [6, 6.07) is 10.5. The van der Waals surface area contributed by atoms with E-state index in [1.165, 1.54) is 50.5 Å². The largest absolute Gasteiger partial charge is 0.303 e. The number of carbonyl (C=O) groups is 1. The predicted octanol–water partition coefficient (Wildman–Crippen LogP) is 5.41. The molecular formula is C18H26O. The summed E-state index contributed by atoms with van der Waals surface area (Å²) >= 11 is 0. The second kappa shape index (κ2) is 11.7. The monoisotopic (exact) mass is 258 g/mol. The molecule has 1 rings (SSSR count). The summed E-state index contributed by atoms with van der Waals surface area (Å²) < 4.78 is 0. The Morgan fingerprint density at radius 2 is 1.32 bits per heavy atom. The molecule has 0 aliphatic rings. The third-order valence-electron chi connectivity index (χ3n) is 3.30. The van der Waals surface area contributed by atoms with Crippen LogP contribution in [-0.4, -0.2) is 6.29 Å². The van der Waals surface area contributed by atoms with Crippen LogP contribution in [0.5, 0.6) is 0 Å². The molecule has 0 N–H and O–H groups in total. The van der Waals surface area contributed by atoms with Crippen molar-refractivity contribution in [2.75, 3.05) is 0 Å². The van der Waals surface area contributed by atoms with Gasteiger partial charge in [0.1, 0.15) is 6.29 Å². The van der Waals surface area contributed by atoms with Crippen molar-refractivity contribution in [2.45, 2.75) is 57.8 Å². The number of unbranched alkanes of at least 4 members (excludes halogenated alkanes) is 8. The summed E-state index contributed by atoms with van der Waals surface area (Å²) in [6.45, 7) is 0. The Morgan fingerprint density at radius 3 is 1.95 bits per heavy atom. The lowest BCUT2D eigenvalue weighted by Crippen LogP contribution is -1.81. The molecular weight excluding hydrogens is 232 g/mol. The normalized spacial score (nSPS) is 10.9. The first-order chi connectivity index (χ1) is 9.43. The summed E-state index contributed by atoms with van der Waals surface area (Å²) in [6.07, 6.45) is 16.3. The van der Waals surface area contributed by atoms with Crippen LogP contribution >= 0.6 is 0 Å². The van der Waals surface area contributed by atoms with Crippen LogP contribution < -0.4 is 0 Å². The maximum Gasteiger partial charge on any atom is 0.119 e. The van der Waals surface area contributed by atoms with E-state index in [4.69, 9.17) is 0 Å². The standard InChI is InChI=1S/C18H26O/c19-17-13-8-6-4-2-1-3-5-7-10-14-18-15-11-9-12-16-18/h9-12,14-17H,1-8,13H2/b14-10+. The molecule has 0 amide bonds. The number of hydrogen-bond acceptors (Lipinski definition) is 1. The Hall–Kier alpha value is -1.37. The third kappa shape index (κ3) is 9.24. The zero-order valence-electron chi connectivity index (χ0n) is 11.9. The molecule has 0 aliphatic heterocycles. The third-order valence-corrected chi connectivity index (χ3v) is 3.30. The van der Waals surface area contributed by atoms with Crippen molar-refractivity contribution >= 4 is 12.4 Å². The molecule has 0 bridgehead atoms. The van der Waals surface area contributed by atoms with E-state index in [0.717, 1.165) is 19.1 Å². The Balaban J connectivity index is 1.89.